The third-order valence-corrected chi connectivity index (χ3v) is 3.79. The molecule has 19 heavy (non-hydrogen) atoms. The Morgan fingerprint density at radius 3 is 2.58 bits per heavy atom. The van der Waals surface area contributed by atoms with Crippen molar-refractivity contribution >= 4 is 6.29 Å². The van der Waals surface area contributed by atoms with Crippen molar-refractivity contribution in [3.63, 3.8) is 0 Å². The van der Waals surface area contributed by atoms with Gasteiger partial charge in [-0.25, -0.2) is 0 Å². The van der Waals surface area contributed by atoms with E-state index in [4.69, 9.17) is 0 Å². The first kappa shape index (κ1) is 12.1. The largest absolute Gasteiger partial charge is 0.301 e. The van der Waals surface area contributed by atoms with Gasteiger partial charge in [-0.15, -0.1) is 0 Å². The lowest BCUT2D eigenvalue weighted by Gasteiger charge is -2.34. The summed E-state index contributed by atoms with van der Waals surface area (Å²) >= 11 is 0. The second-order valence-electron chi connectivity index (χ2n) is 4.99. The van der Waals surface area contributed by atoms with Crippen molar-refractivity contribution in [2.45, 2.75) is 19.0 Å². The normalized spacial score (nSPS) is 18.8. The van der Waals surface area contributed by atoms with Gasteiger partial charge in [0.05, 0.1) is 6.04 Å². The second-order valence-corrected chi connectivity index (χ2v) is 4.99. The Hall–Kier alpha value is -1.93. The molecule has 2 nitrogen and oxygen atoms in total. The molecule has 0 N–H and O–H groups in total. The maximum Gasteiger partial charge on any atom is 0.141 e. The summed E-state index contributed by atoms with van der Waals surface area (Å²) in [5.74, 6) is 0. The van der Waals surface area contributed by atoms with E-state index in [-0.39, 0.29) is 6.04 Å². The van der Waals surface area contributed by atoms with Crippen molar-refractivity contribution in [1.82, 2.24) is 4.90 Å². The second kappa shape index (κ2) is 5.37. The number of nitrogens with zero attached hydrogens (tertiary/aromatic N) is 1. The molecule has 0 aromatic heterocycles. The first-order valence-electron chi connectivity index (χ1n) is 6.69. The lowest BCUT2D eigenvalue weighted by Crippen LogP contribution is -2.35. The molecule has 2 aromatic carbocycles. The first-order chi connectivity index (χ1) is 9.38. The topological polar surface area (TPSA) is 20.3 Å². The molecule has 2 heteroatoms. The fourth-order valence-electron chi connectivity index (χ4n) is 2.80. The Kier molecular flexibility index (Phi) is 3.43. The minimum atomic E-state index is -0.106. The molecule has 0 saturated heterocycles. The van der Waals surface area contributed by atoms with Crippen LogP contribution in [0.5, 0.6) is 0 Å². The van der Waals surface area contributed by atoms with Gasteiger partial charge in [0.25, 0.3) is 0 Å². The number of hydrogen-bond acceptors (Lipinski definition) is 2. The van der Waals surface area contributed by atoms with E-state index in [1.807, 2.05) is 30.3 Å². The maximum absolute atomic E-state index is 11.5. The molecule has 1 atom stereocenters. The van der Waals surface area contributed by atoms with Crippen molar-refractivity contribution < 1.29 is 4.79 Å². The Labute approximate surface area is 113 Å². The average molecular weight is 251 g/mol. The summed E-state index contributed by atoms with van der Waals surface area (Å²) < 4.78 is 0. The molecule has 0 saturated carbocycles. The number of rotatable bonds is 3. The molecule has 1 aliphatic rings. The lowest BCUT2D eigenvalue weighted by atomic mass is 9.93. The zero-order chi connectivity index (χ0) is 13.1. The van der Waals surface area contributed by atoms with Crippen LogP contribution in [0.2, 0.25) is 0 Å². The molecule has 0 bridgehead atoms. The maximum atomic E-state index is 11.5. The van der Waals surface area contributed by atoms with E-state index >= 15 is 0 Å². The van der Waals surface area contributed by atoms with Crippen LogP contribution in [0.3, 0.4) is 0 Å². The number of benzene rings is 2. The van der Waals surface area contributed by atoms with Crippen LogP contribution in [-0.4, -0.2) is 17.7 Å². The van der Waals surface area contributed by atoms with Gasteiger partial charge >= 0.3 is 0 Å². The standard InChI is InChI=1S/C17H17NO/c19-13-17-16-9-5-4-8-15(16)10-11-18(17)12-14-6-2-1-3-7-14/h1-9,13,17H,10-12H2. The zero-order valence-electron chi connectivity index (χ0n) is 10.8. The minimum Gasteiger partial charge on any atom is -0.301 e. The summed E-state index contributed by atoms with van der Waals surface area (Å²) in [7, 11) is 0. The molecule has 0 spiro atoms. The number of carbonyl (C=O) groups is 1. The van der Waals surface area contributed by atoms with Crippen molar-refractivity contribution in [1.29, 1.82) is 0 Å². The molecule has 0 radical (unpaired) electrons. The first-order valence-corrected chi connectivity index (χ1v) is 6.69. The van der Waals surface area contributed by atoms with Gasteiger partial charge < -0.3 is 4.79 Å². The van der Waals surface area contributed by atoms with Crippen LogP contribution < -0.4 is 0 Å². The Morgan fingerprint density at radius 2 is 1.79 bits per heavy atom. The van der Waals surface area contributed by atoms with E-state index in [0.717, 1.165) is 25.8 Å². The van der Waals surface area contributed by atoms with Gasteiger partial charge in [-0.05, 0) is 23.1 Å². The van der Waals surface area contributed by atoms with Crippen LogP contribution in [0.1, 0.15) is 22.7 Å². The van der Waals surface area contributed by atoms with E-state index in [2.05, 4.69) is 29.2 Å². The molecular weight excluding hydrogens is 234 g/mol. The van der Waals surface area contributed by atoms with Gasteiger partial charge in [0, 0.05) is 13.1 Å². The SMILES string of the molecule is O=CC1c2ccccc2CCN1Cc1ccccc1. The number of hydrogen-bond donors (Lipinski definition) is 0. The predicted molar refractivity (Wildman–Crippen MR) is 75.8 cm³/mol. The average Bonchev–Trinajstić information content (AvgIpc) is 2.48. The Bertz CT molecular complexity index is 564. The van der Waals surface area contributed by atoms with Gasteiger partial charge in [0.1, 0.15) is 6.29 Å². The lowest BCUT2D eigenvalue weighted by molar-refractivity contribution is -0.113. The Morgan fingerprint density at radius 1 is 1.05 bits per heavy atom. The summed E-state index contributed by atoms with van der Waals surface area (Å²) in [4.78, 5) is 13.7. The molecule has 0 fully saturated rings. The molecule has 1 unspecified atom stereocenters. The van der Waals surface area contributed by atoms with Crippen molar-refractivity contribution in [3.8, 4) is 0 Å². The van der Waals surface area contributed by atoms with Crippen molar-refractivity contribution in [2.75, 3.05) is 6.54 Å². The van der Waals surface area contributed by atoms with Crippen LogP contribution in [0.4, 0.5) is 0 Å². The fraction of sp³-hybridized carbons (Fsp3) is 0.235. The summed E-state index contributed by atoms with van der Waals surface area (Å²) in [6, 6.07) is 18.5. The minimum absolute atomic E-state index is 0.106. The highest BCUT2D eigenvalue weighted by Crippen LogP contribution is 2.29. The van der Waals surface area contributed by atoms with E-state index in [1.165, 1.54) is 16.7 Å². The third-order valence-electron chi connectivity index (χ3n) is 3.79. The van der Waals surface area contributed by atoms with Crippen LogP contribution in [0.25, 0.3) is 0 Å². The monoisotopic (exact) mass is 251 g/mol. The fourth-order valence-corrected chi connectivity index (χ4v) is 2.80. The van der Waals surface area contributed by atoms with E-state index < -0.39 is 0 Å². The molecule has 2 aromatic rings. The highest BCUT2D eigenvalue weighted by Gasteiger charge is 2.26. The quantitative estimate of drug-likeness (QED) is 0.782. The molecular formula is C17H17NO. The van der Waals surface area contributed by atoms with Gasteiger partial charge in [-0.3, -0.25) is 4.90 Å². The smallest absolute Gasteiger partial charge is 0.141 e. The van der Waals surface area contributed by atoms with Crippen LogP contribution >= 0.6 is 0 Å². The summed E-state index contributed by atoms with van der Waals surface area (Å²) in [5, 5.41) is 0. The van der Waals surface area contributed by atoms with Crippen molar-refractivity contribution in [2.24, 2.45) is 0 Å². The molecule has 0 amide bonds. The van der Waals surface area contributed by atoms with E-state index in [1.54, 1.807) is 0 Å². The Balaban J connectivity index is 1.86. The van der Waals surface area contributed by atoms with Crippen molar-refractivity contribution in [3.05, 3.63) is 71.3 Å². The number of aldehydes is 1. The summed E-state index contributed by atoms with van der Waals surface area (Å²) in [6.45, 7) is 1.77. The van der Waals surface area contributed by atoms with Gasteiger partial charge in [-0.1, -0.05) is 54.6 Å². The number of carbonyl (C=O) groups excluding carboxylic acids is 1. The summed E-state index contributed by atoms with van der Waals surface area (Å²) in [6.07, 6.45) is 2.09. The van der Waals surface area contributed by atoms with Crippen LogP contribution in [-0.2, 0) is 17.8 Å². The van der Waals surface area contributed by atoms with Crippen LogP contribution in [0, 0.1) is 0 Å². The summed E-state index contributed by atoms with van der Waals surface area (Å²) in [5.41, 5.74) is 3.73. The zero-order valence-corrected chi connectivity index (χ0v) is 10.8. The molecule has 0 aliphatic carbocycles. The molecule has 1 heterocycles. The van der Waals surface area contributed by atoms with E-state index in [0.29, 0.717) is 0 Å². The predicted octanol–water partition coefficient (Wildman–Crippen LogP) is 2.98. The van der Waals surface area contributed by atoms with Gasteiger partial charge in [0.2, 0.25) is 0 Å². The molecule has 3 rings (SSSR count). The number of fused-ring (bicyclic) bond motifs is 1. The molecule has 96 valence electrons. The third kappa shape index (κ3) is 2.45. The highest BCUT2D eigenvalue weighted by atomic mass is 16.1. The highest BCUT2D eigenvalue weighted by molar-refractivity contribution is 5.63. The van der Waals surface area contributed by atoms with E-state index in [9.17, 15) is 4.79 Å². The molecule has 1 aliphatic heterocycles. The van der Waals surface area contributed by atoms with Gasteiger partial charge in [-0.2, -0.15) is 0 Å². The van der Waals surface area contributed by atoms with Gasteiger partial charge in [0.15, 0.2) is 0 Å². The van der Waals surface area contributed by atoms with Crippen LogP contribution in [0.15, 0.2) is 54.6 Å².